The monoisotopic (exact) mass is 235 g/mol. The molecule has 2 heteroatoms. The summed E-state index contributed by atoms with van der Waals surface area (Å²) in [7, 11) is 0. The van der Waals surface area contributed by atoms with Crippen LogP contribution in [0.5, 0.6) is 5.75 Å². The molecule has 1 aromatic rings. The molecule has 0 saturated heterocycles. The molecule has 0 spiro atoms. The summed E-state index contributed by atoms with van der Waals surface area (Å²) in [5, 5.41) is 3.46. The van der Waals surface area contributed by atoms with Crippen LogP contribution in [0.15, 0.2) is 18.2 Å². The lowest BCUT2D eigenvalue weighted by atomic mass is 10.1. The molecule has 0 heterocycles. The Morgan fingerprint density at radius 2 is 1.65 bits per heavy atom. The fourth-order valence-electron chi connectivity index (χ4n) is 1.71. The normalized spacial score (nSPS) is 12.8. The fraction of sp³-hybridized carbons (Fsp3) is 0.600. The van der Waals surface area contributed by atoms with E-state index in [1.54, 1.807) is 0 Å². The molecule has 1 N–H and O–H groups in total. The van der Waals surface area contributed by atoms with Gasteiger partial charge in [0.2, 0.25) is 0 Å². The average molecular weight is 235 g/mol. The number of nitrogens with one attached hydrogen (secondary N) is 1. The van der Waals surface area contributed by atoms with Crippen LogP contribution in [0.25, 0.3) is 0 Å². The summed E-state index contributed by atoms with van der Waals surface area (Å²) >= 11 is 0. The molecular weight excluding hydrogens is 210 g/mol. The van der Waals surface area contributed by atoms with E-state index in [0.717, 1.165) is 18.9 Å². The van der Waals surface area contributed by atoms with Gasteiger partial charge in [-0.2, -0.15) is 0 Å². The molecular formula is C15H25NO. The van der Waals surface area contributed by atoms with Gasteiger partial charge in [-0.1, -0.05) is 19.9 Å². The van der Waals surface area contributed by atoms with Crippen LogP contribution in [-0.2, 0) is 0 Å². The van der Waals surface area contributed by atoms with Crippen LogP contribution in [0.2, 0.25) is 0 Å². The summed E-state index contributed by atoms with van der Waals surface area (Å²) in [4.78, 5) is 0. The maximum absolute atomic E-state index is 5.74. The number of hydrogen-bond acceptors (Lipinski definition) is 2. The van der Waals surface area contributed by atoms with Crippen LogP contribution in [-0.4, -0.2) is 19.2 Å². The minimum Gasteiger partial charge on any atom is -0.492 e. The average Bonchev–Trinajstić information content (AvgIpc) is 2.22. The first-order valence-corrected chi connectivity index (χ1v) is 6.43. The molecule has 0 aliphatic rings. The molecule has 0 aliphatic carbocycles. The van der Waals surface area contributed by atoms with E-state index in [-0.39, 0.29) is 0 Å². The highest BCUT2D eigenvalue weighted by atomic mass is 16.5. The molecule has 0 amide bonds. The van der Waals surface area contributed by atoms with Crippen molar-refractivity contribution in [3.63, 3.8) is 0 Å². The number of ether oxygens (including phenoxy) is 1. The quantitative estimate of drug-likeness (QED) is 0.764. The second-order valence-corrected chi connectivity index (χ2v) is 5.16. The molecule has 2 nitrogen and oxygen atoms in total. The largest absolute Gasteiger partial charge is 0.492 e. The first-order chi connectivity index (χ1) is 7.99. The van der Waals surface area contributed by atoms with Crippen molar-refractivity contribution in [2.75, 3.05) is 13.2 Å². The maximum Gasteiger partial charge on any atom is 0.119 e. The van der Waals surface area contributed by atoms with Crippen LogP contribution in [0.4, 0.5) is 0 Å². The van der Waals surface area contributed by atoms with Crippen LogP contribution in [0.3, 0.4) is 0 Å². The van der Waals surface area contributed by atoms with Gasteiger partial charge in [0, 0.05) is 12.6 Å². The summed E-state index contributed by atoms with van der Waals surface area (Å²) in [6.45, 7) is 12.5. The van der Waals surface area contributed by atoms with Crippen molar-refractivity contribution < 1.29 is 4.74 Å². The van der Waals surface area contributed by atoms with Crippen molar-refractivity contribution >= 4 is 0 Å². The molecule has 0 radical (unpaired) electrons. The standard InChI is InChI=1S/C15H25NO/c1-11(2)14(5)16-6-7-17-15-9-12(3)8-13(4)10-15/h8-11,14,16H,6-7H2,1-5H3. The molecule has 0 aromatic heterocycles. The van der Waals surface area contributed by atoms with Gasteiger partial charge in [0.05, 0.1) is 0 Å². The minimum absolute atomic E-state index is 0.540. The van der Waals surface area contributed by atoms with E-state index in [1.165, 1.54) is 11.1 Å². The van der Waals surface area contributed by atoms with Crippen molar-refractivity contribution in [1.29, 1.82) is 0 Å². The van der Waals surface area contributed by atoms with Crippen molar-refractivity contribution in [1.82, 2.24) is 5.32 Å². The first kappa shape index (κ1) is 14.0. The van der Waals surface area contributed by atoms with E-state index in [0.29, 0.717) is 12.0 Å². The second kappa shape index (κ2) is 6.65. The lowest BCUT2D eigenvalue weighted by Gasteiger charge is -2.17. The Morgan fingerprint density at radius 1 is 1.06 bits per heavy atom. The molecule has 0 aliphatic heterocycles. The molecule has 1 rings (SSSR count). The molecule has 0 saturated carbocycles. The maximum atomic E-state index is 5.74. The Morgan fingerprint density at radius 3 is 2.18 bits per heavy atom. The Kier molecular flexibility index (Phi) is 5.49. The van der Waals surface area contributed by atoms with Gasteiger partial charge in [-0.25, -0.2) is 0 Å². The third kappa shape index (κ3) is 5.22. The molecule has 0 bridgehead atoms. The van der Waals surface area contributed by atoms with Gasteiger partial charge >= 0.3 is 0 Å². The van der Waals surface area contributed by atoms with Gasteiger partial charge in [0.25, 0.3) is 0 Å². The van der Waals surface area contributed by atoms with Crippen LogP contribution in [0, 0.1) is 19.8 Å². The zero-order valence-corrected chi connectivity index (χ0v) is 11.7. The lowest BCUT2D eigenvalue weighted by Crippen LogP contribution is -2.33. The summed E-state index contributed by atoms with van der Waals surface area (Å²) in [6.07, 6.45) is 0. The van der Waals surface area contributed by atoms with Crippen molar-refractivity contribution in [3.05, 3.63) is 29.3 Å². The van der Waals surface area contributed by atoms with E-state index in [9.17, 15) is 0 Å². The predicted octanol–water partition coefficient (Wildman–Crippen LogP) is 3.32. The summed E-state index contributed by atoms with van der Waals surface area (Å²) in [6, 6.07) is 6.86. The van der Waals surface area contributed by atoms with Crippen molar-refractivity contribution in [2.24, 2.45) is 5.92 Å². The topological polar surface area (TPSA) is 21.3 Å². The molecule has 0 fully saturated rings. The summed E-state index contributed by atoms with van der Waals surface area (Å²) in [5.41, 5.74) is 2.51. The van der Waals surface area contributed by atoms with Crippen molar-refractivity contribution in [2.45, 2.75) is 40.7 Å². The zero-order valence-electron chi connectivity index (χ0n) is 11.7. The Balaban J connectivity index is 2.31. The molecule has 1 aromatic carbocycles. The van der Waals surface area contributed by atoms with Gasteiger partial charge in [0.1, 0.15) is 12.4 Å². The SMILES string of the molecule is Cc1cc(C)cc(OCCNC(C)C(C)C)c1. The van der Waals surface area contributed by atoms with E-state index in [4.69, 9.17) is 4.74 Å². The van der Waals surface area contributed by atoms with E-state index in [1.807, 2.05) is 0 Å². The van der Waals surface area contributed by atoms with E-state index < -0.39 is 0 Å². The third-order valence-corrected chi connectivity index (χ3v) is 3.03. The van der Waals surface area contributed by atoms with Crippen LogP contribution >= 0.6 is 0 Å². The molecule has 96 valence electrons. The number of rotatable bonds is 6. The number of benzene rings is 1. The van der Waals surface area contributed by atoms with Gasteiger partial charge < -0.3 is 10.1 Å². The van der Waals surface area contributed by atoms with Crippen LogP contribution in [0.1, 0.15) is 31.9 Å². The Labute approximate surface area is 105 Å². The minimum atomic E-state index is 0.540. The second-order valence-electron chi connectivity index (χ2n) is 5.16. The molecule has 17 heavy (non-hydrogen) atoms. The van der Waals surface area contributed by atoms with Gasteiger partial charge in [-0.3, -0.25) is 0 Å². The highest BCUT2D eigenvalue weighted by molar-refractivity contribution is 5.32. The predicted molar refractivity (Wildman–Crippen MR) is 73.7 cm³/mol. The first-order valence-electron chi connectivity index (χ1n) is 6.43. The van der Waals surface area contributed by atoms with E-state index >= 15 is 0 Å². The summed E-state index contributed by atoms with van der Waals surface area (Å²) < 4.78 is 5.74. The molecule has 1 atom stereocenters. The highest BCUT2D eigenvalue weighted by Gasteiger charge is 2.05. The molecule has 1 unspecified atom stereocenters. The number of aryl methyl sites for hydroxylation is 2. The smallest absolute Gasteiger partial charge is 0.119 e. The van der Waals surface area contributed by atoms with Gasteiger partial charge in [-0.15, -0.1) is 0 Å². The Hall–Kier alpha value is -1.02. The van der Waals surface area contributed by atoms with Gasteiger partial charge in [-0.05, 0) is 49.9 Å². The highest BCUT2D eigenvalue weighted by Crippen LogP contribution is 2.15. The number of hydrogen-bond donors (Lipinski definition) is 1. The van der Waals surface area contributed by atoms with Crippen LogP contribution < -0.4 is 10.1 Å². The van der Waals surface area contributed by atoms with Gasteiger partial charge in [0.15, 0.2) is 0 Å². The lowest BCUT2D eigenvalue weighted by molar-refractivity contribution is 0.296. The van der Waals surface area contributed by atoms with Crippen molar-refractivity contribution in [3.8, 4) is 5.75 Å². The van der Waals surface area contributed by atoms with E-state index in [2.05, 4.69) is 58.1 Å². The Bertz CT molecular complexity index is 327. The zero-order chi connectivity index (χ0) is 12.8. The summed E-state index contributed by atoms with van der Waals surface area (Å²) in [5.74, 6) is 1.64. The third-order valence-electron chi connectivity index (χ3n) is 3.03. The fourth-order valence-corrected chi connectivity index (χ4v) is 1.71.